The minimum atomic E-state index is 0.728. The summed E-state index contributed by atoms with van der Waals surface area (Å²) in [6.45, 7) is 4.84. The molecule has 2 aliphatic carbocycles. The molecule has 0 spiro atoms. The molecular formula is C19H30N2S. The van der Waals surface area contributed by atoms with Crippen LogP contribution in [0.4, 0.5) is 0 Å². The summed E-state index contributed by atoms with van der Waals surface area (Å²) in [7, 11) is 0. The first-order valence-electron chi connectivity index (χ1n) is 9.47. The van der Waals surface area contributed by atoms with E-state index in [-0.39, 0.29) is 0 Å². The van der Waals surface area contributed by atoms with Crippen molar-refractivity contribution in [2.45, 2.75) is 70.1 Å². The number of fused-ring (bicyclic) bond motifs is 1. The summed E-state index contributed by atoms with van der Waals surface area (Å²) in [5.74, 6) is 4.48. The zero-order chi connectivity index (χ0) is 14.9. The molecule has 0 amide bonds. The Hall–Kier alpha value is -0.410. The van der Waals surface area contributed by atoms with Crippen LogP contribution in [0, 0.1) is 17.8 Å². The van der Waals surface area contributed by atoms with E-state index in [0.717, 1.165) is 29.6 Å². The monoisotopic (exact) mass is 318 g/mol. The Bertz CT molecular complexity index is 491. The fraction of sp³-hybridized carbons (Fsp3) is 0.842. The zero-order valence-corrected chi connectivity index (χ0v) is 14.7. The van der Waals surface area contributed by atoms with Gasteiger partial charge in [0.05, 0.1) is 10.7 Å². The van der Waals surface area contributed by atoms with Crippen LogP contribution in [-0.2, 0) is 0 Å². The van der Waals surface area contributed by atoms with Gasteiger partial charge in [0.1, 0.15) is 0 Å². The molecule has 0 radical (unpaired) electrons. The Kier molecular flexibility index (Phi) is 4.54. The molecule has 122 valence electrons. The summed E-state index contributed by atoms with van der Waals surface area (Å²) in [6, 6.07) is 0. The highest BCUT2D eigenvalue weighted by Gasteiger charge is 2.37. The summed E-state index contributed by atoms with van der Waals surface area (Å²) >= 11 is 1.94. The van der Waals surface area contributed by atoms with E-state index in [1.807, 2.05) is 11.3 Å². The summed E-state index contributed by atoms with van der Waals surface area (Å²) in [5.41, 5.74) is 1.44. The van der Waals surface area contributed by atoms with E-state index in [1.165, 1.54) is 75.2 Å². The molecule has 0 bridgehead atoms. The van der Waals surface area contributed by atoms with E-state index >= 15 is 0 Å². The third-order valence-electron chi connectivity index (χ3n) is 6.65. The molecule has 1 aromatic heterocycles. The van der Waals surface area contributed by atoms with Crippen molar-refractivity contribution in [2.24, 2.45) is 17.8 Å². The van der Waals surface area contributed by atoms with E-state index in [0.29, 0.717) is 0 Å². The Morgan fingerprint density at radius 3 is 2.77 bits per heavy atom. The van der Waals surface area contributed by atoms with Crippen LogP contribution in [0.15, 0.2) is 5.38 Å². The molecule has 4 unspecified atom stereocenters. The van der Waals surface area contributed by atoms with Crippen molar-refractivity contribution in [1.82, 2.24) is 10.3 Å². The largest absolute Gasteiger partial charge is 0.317 e. The highest BCUT2D eigenvalue weighted by molar-refractivity contribution is 7.09. The van der Waals surface area contributed by atoms with E-state index in [9.17, 15) is 0 Å². The number of nitrogens with zero attached hydrogens (tertiary/aromatic N) is 1. The van der Waals surface area contributed by atoms with Crippen LogP contribution >= 0.6 is 11.3 Å². The molecule has 1 aliphatic heterocycles. The lowest BCUT2D eigenvalue weighted by molar-refractivity contribution is 0.102. The third-order valence-corrected chi connectivity index (χ3v) is 7.68. The standard InChI is InChI=1S/C19H30N2S/c1-13-3-2-4-15-11-16(5-6-17(13)15)18-12-22-19(21-18)14-7-9-20-10-8-14/h12-17,20H,2-11H2,1H3. The van der Waals surface area contributed by atoms with Gasteiger partial charge in [-0.25, -0.2) is 4.98 Å². The fourth-order valence-corrected chi connectivity index (χ4v) is 6.37. The number of piperidine rings is 1. The average molecular weight is 319 g/mol. The third kappa shape index (κ3) is 2.99. The second-order valence-corrected chi connectivity index (χ2v) is 8.87. The first kappa shape index (κ1) is 15.1. The lowest BCUT2D eigenvalue weighted by atomic mass is 9.63. The normalized spacial score (nSPS) is 37.0. The van der Waals surface area contributed by atoms with Gasteiger partial charge in [-0.2, -0.15) is 0 Å². The smallest absolute Gasteiger partial charge is 0.0960 e. The van der Waals surface area contributed by atoms with Gasteiger partial charge >= 0.3 is 0 Å². The maximum Gasteiger partial charge on any atom is 0.0960 e. The van der Waals surface area contributed by atoms with Gasteiger partial charge in [-0.1, -0.05) is 26.2 Å². The summed E-state index contributed by atoms with van der Waals surface area (Å²) in [5, 5.41) is 7.29. The van der Waals surface area contributed by atoms with Crippen molar-refractivity contribution in [3.8, 4) is 0 Å². The first-order valence-corrected chi connectivity index (χ1v) is 10.3. The number of aromatic nitrogens is 1. The number of hydrogen-bond donors (Lipinski definition) is 1. The topological polar surface area (TPSA) is 24.9 Å². The van der Waals surface area contributed by atoms with Crippen LogP contribution in [0.2, 0.25) is 0 Å². The van der Waals surface area contributed by atoms with Crippen LogP contribution < -0.4 is 5.32 Å². The molecule has 2 saturated carbocycles. The van der Waals surface area contributed by atoms with E-state index < -0.39 is 0 Å². The Morgan fingerprint density at radius 2 is 1.91 bits per heavy atom. The quantitative estimate of drug-likeness (QED) is 0.836. The molecule has 22 heavy (non-hydrogen) atoms. The highest BCUT2D eigenvalue weighted by atomic mass is 32.1. The van der Waals surface area contributed by atoms with Crippen molar-refractivity contribution >= 4 is 11.3 Å². The van der Waals surface area contributed by atoms with Gasteiger partial charge in [-0.3, -0.25) is 0 Å². The van der Waals surface area contributed by atoms with Crippen LogP contribution in [-0.4, -0.2) is 18.1 Å². The van der Waals surface area contributed by atoms with Gasteiger partial charge in [-0.15, -0.1) is 11.3 Å². The van der Waals surface area contributed by atoms with Crippen LogP contribution in [0.25, 0.3) is 0 Å². The van der Waals surface area contributed by atoms with E-state index in [1.54, 1.807) is 0 Å². The van der Waals surface area contributed by atoms with Crippen LogP contribution in [0.5, 0.6) is 0 Å². The van der Waals surface area contributed by atoms with E-state index in [4.69, 9.17) is 4.98 Å². The summed E-state index contributed by atoms with van der Waals surface area (Å²) < 4.78 is 0. The molecule has 4 atom stereocenters. The maximum atomic E-state index is 5.10. The molecule has 3 aliphatic rings. The first-order chi connectivity index (χ1) is 10.8. The number of nitrogens with one attached hydrogen (secondary N) is 1. The second kappa shape index (κ2) is 6.60. The highest BCUT2D eigenvalue weighted by Crippen LogP contribution is 2.48. The predicted molar refractivity (Wildman–Crippen MR) is 93.5 cm³/mol. The molecule has 0 aromatic carbocycles. The minimum Gasteiger partial charge on any atom is -0.317 e. The predicted octanol–water partition coefficient (Wildman–Crippen LogP) is 4.93. The number of rotatable bonds is 2. The van der Waals surface area contributed by atoms with Crippen molar-refractivity contribution in [2.75, 3.05) is 13.1 Å². The van der Waals surface area contributed by atoms with Crippen LogP contribution in [0.3, 0.4) is 0 Å². The molecule has 1 N–H and O–H groups in total. The Labute approximate surface area is 139 Å². The molecular weight excluding hydrogens is 288 g/mol. The molecule has 1 saturated heterocycles. The van der Waals surface area contributed by atoms with Crippen LogP contribution in [0.1, 0.15) is 80.8 Å². The lowest BCUT2D eigenvalue weighted by Gasteiger charge is -2.42. The zero-order valence-electron chi connectivity index (χ0n) is 13.9. The second-order valence-electron chi connectivity index (χ2n) is 7.98. The van der Waals surface area contributed by atoms with Gasteiger partial charge in [0.15, 0.2) is 0 Å². The van der Waals surface area contributed by atoms with Gasteiger partial charge in [-0.05, 0) is 62.9 Å². The summed E-state index contributed by atoms with van der Waals surface area (Å²) in [4.78, 5) is 5.10. The fourth-order valence-electron chi connectivity index (χ4n) is 5.30. The summed E-state index contributed by atoms with van der Waals surface area (Å²) in [6.07, 6.45) is 11.2. The minimum absolute atomic E-state index is 0.728. The van der Waals surface area contributed by atoms with Crippen molar-refractivity contribution < 1.29 is 0 Å². The van der Waals surface area contributed by atoms with Gasteiger partial charge in [0, 0.05) is 17.2 Å². The molecule has 2 nitrogen and oxygen atoms in total. The Morgan fingerprint density at radius 1 is 1.05 bits per heavy atom. The van der Waals surface area contributed by atoms with Gasteiger partial charge in [0.25, 0.3) is 0 Å². The molecule has 3 heteroatoms. The molecule has 2 heterocycles. The van der Waals surface area contributed by atoms with Gasteiger partial charge in [0.2, 0.25) is 0 Å². The van der Waals surface area contributed by atoms with Crippen molar-refractivity contribution in [3.05, 3.63) is 16.1 Å². The van der Waals surface area contributed by atoms with Gasteiger partial charge < -0.3 is 5.32 Å². The van der Waals surface area contributed by atoms with Crippen molar-refractivity contribution in [3.63, 3.8) is 0 Å². The SMILES string of the molecule is CC1CCCC2CC(c3csc(C4CCNCC4)n3)CCC12. The molecule has 3 fully saturated rings. The van der Waals surface area contributed by atoms with Crippen molar-refractivity contribution in [1.29, 1.82) is 0 Å². The molecule has 4 rings (SSSR count). The number of thiazole rings is 1. The molecule has 1 aromatic rings. The van der Waals surface area contributed by atoms with E-state index in [2.05, 4.69) is 17.6 Å². The maximum absolute atomic E-state index is 5.10. The average Bonchev–Trinajstić information content (AvgIpc) is 3.06. The Balaban J connectivity index is 1.43. The lowest BCUT2D eigenvalue weighted by Crippen LogP contribution is -2.32. The number of hydrogen-bond acceptors (Lipinski definition) is 3.